The molecule has 1 N–H and O–H groups in total. The van der Waals surface area contributed by atoms with Crippen molar-refractivity contribution in [3.05, 3.63) is 20.8 Å². The van der Waals surface area contributed by atoms with Crippen molar-refractivity contribution in [3.63, 3.8) is 0 Å². The Kier molecular flexibility index (Phi) is 4.57. The highest BCUT2D eigenvalue weighted by molar-refractivity contribution is 9.11. The summed E-state index contributed by atoms with van der Waals surface area (Å²) < 4.78 is 23.3. The third kappa shape index (κ3) is 3.84. The van der Waals surface area contributed by atoms with Gasteiger partial charge in [0, 0.05) is 19.3 Å². The Morgan fingerprint density at radius 3 is 2.56 bits per heavy atom. The molecule has 0 radical (unpaired) electrons. The Hall–Kier alpha value is 0.0900. The summed E-state index contributed by atoms with van der Waals surface area (Å²) in [6, 6.07) is 2.03. The van der Waals surface area contributed by atoms with Gasteiger partial charge in [0.1, 0.15) is 0 Å². The zero-order valence-corrected chi connectivity index (χ0v) is 12.8. The van der Waals surface area contributed by atoms with Gasteiger partial charge >= 0.3 is 0 Å². The van der Waals surface area contributed by atoms with E-state index in [0.29, 0.717) is 13.1 Å². The highest BCUT2D eigenvalue weighted by Gasteiger charge is 2.29. The smallest absolute Gasteiger partial charge is 0.153 e. The molecular weight excluding hydrogens is 310 g/mol. The second-order valence-corrected chi connectivity index (χ2v) is 9.33. The van der Waals surface area contributed by atoms with E-state index in [0.717, 1.165) is 3.79 Å². The maximum Gasteiger partial charge on any atom is 0.153 e. The summed E-state index contributed by atoms with van der Waals surface area (Å²) in [7, 11) is -3.02. The first-order valence-corrected chi connectivity index (χ1v) is 8.42. The normalized spacial score (nSPS) is 13.0. The molecule has 0 unspecified atom stereocenters. The van der Waals surface area contributed by atoms with Gasteiger partial charge in [0.2, 0.25) is 0 Å². The monoisotopic (exact) mass is 325 g/mol. The van der Waals surface area contributed by atoms with E-state index in [9.17, 15) is 8.42 Å². The molecule has 0 atom stereocenters. The molecule has 3 nitrogen and oxygen atoms in total. The number of hydrogen-bond donors (Lipinski definition) is 1. The fraction of sp³-hybridized carbons (Fsp3) is 0.600. The maximum atomic E-state index is 11.5. The molecule has 0 aromatic carbocycles. The molecule has 0 bridgehead atoms. The minimum absolute atomic E-state index is 0.458. The number of thiophene rings is 1. The fourth-order valence-corrected chi connectivity index (χ4v) is 2.65. The number of rotatable bonds is 5. The minimum atomic E-state index is -3.02. The summed E-state index contributed by atoms with van der Waals surface area (Å²) in [5, 5.41) is 5.21. The summed E-state index contributed by atoms with van der Waals surface area (Å²) >= 11 is 5.02. The molecule has 0 aliphatic rings. The second kappa shape index (κ2) is 5.16. The van der Waals surface area contributed by atoms with Gasteiger partial charge in [-0.3, -0.25) is 0 Å². The molecule has 1 heterocycles. The molecule has 0 saturated carbocycles. The zero-order valence-electron chi connectivity index (χ0n) is 9.58. The van der Waals surface area contributed by atoms with Crippen molar-refractivity contribution < 1.29 is 8.42 Å². The van der Waals surface area contributed by atoms with E-state index in [1.165, 1.54) is 11.8 Å². The predicted octanol–water partition coefficient (Wildman–Crippen LogP) is 2.42. The van der Waals surface area contributed by atoms with Gasteiger partial charge in [-0.25, -0.2) is 8.42 Å². The van der Waals surface area contributed by atoms with Crippen molar-refractivity contribution in [3.8, 4) is 0 Å². The van der Waals surface area contributed by atoms with Crippen molar-refractivity contribution in [1.29, 1.82) is 0 Å². The van der Waals surface area contributed by atoms with Gasteiger partial charge in [0.05, 0.1) is 8.53 Å². The molecule has 0 aliphatic carbocycles. The third-order valence-corrected chi connectivity index (χ3v) is 6.21. The van der Waals surface area contributed by atoms with Gasteiger partial charge in [-0.1, -0.05) is 0 Å². The van der Waals surface area contributed by atoms with Crippen LogP contribution in [0, 0.1) is 0 Å². The number of hydrogen-bond acceptors (Lipinski definition) is 4. The quantitative estimate of drug-likeness (QED) is 0.904. The van der Waals surface area contributed by atoms with Crippen molar-refractivity contribution >= 4 is 37.1 Å². The lowest BCUT2D eigenvalue weighted by molar-refractivity contribution is 0.521. The Bertz CT molecular complexity index is 451. The molecule has 0 aliphatic heterocycles. The maximum absolute atomic E-state index is 11.5. The number of nitrogens with one attached hydrogen (secondary N) is 1. The number of halogens is 1. The average molecular weight is 326 g/mol. The molecule has 1 aromatic rings. The van der Waals surface area contributed by atoms with Crippen LogP contribution in [0.3, 0.4) is 0 Å². The van der Waals surface area contributed by atoms with E-state index in [4.69, 9.17) is 0 Å². The van der Waals surface area contributed by atoms with Crippen LogP contribution in [0.25, 0.3) is 0 Å². The Morgan fingerprint density at radius 2 is 2.12 bits per heavy atom. The molecule has 0 fully saturated rings. The molecule has 6 heteroatoms. The van der Waals surface area contributed by atoms with Crippen LogP contribution in [0.5, 0.6) is 0 Å². The van der Waals surface area contributed by atoms with Crippen LogP contribution in [0.2, 0.25) is 0 Å². The van der Waals surface area contributed by atoms with E-state index in [1.54, 1.807) is 25.2 Å². The van der Waals surface area contributed by atoms with Gasteiger partial charge in [0.15, 0.2) is 9.84 Å². The van der Waals surface area contributed by atoms with Crippen molar-refractivity contribution in [2.45, 2.75) is 25.1 Å². The molecule has 0 amide bonds. The van der Waals surface area contributed by atoms with Crippen LogP contribution in [0.15, 0.2) is 15.2 Å². The van der Waals surface area contributed by atoms with Crippen LogP contribution in [0.4, 0.5) is 0 Å². The van der Waals surface area contributed by atoms with E-state index in [1.807, 2.05) is 11.4 Å². The van der Waals surface area contributed by atoms with Gasteiger partial charge in [-0.2, -0.15) is 0 Å². The van der Waals surface area contributed by atoms with Crippen LogP contribution in [-0.2, 0) is 16.4 Å². The summed E-state index contributed by atoms with van der Waals surface area (Å²) in [4.78, 5) is 0. The van der Waals surface area contributed by atoms with E-state index >= 15 is 0 Å². The first-order valence-electron chi connectivity index (χ1n) is 4.85. The van der Waals surface area contributed by atoms with Crippen LogP contribution in [0.1, 0.15) is 19.4 Å². The van der Waals surface area contributed by atoms with Crippen LogP contribution < -0.4 is 5.32 Å². The molecule has 1 aromatic heterocycles. The molecule has 0 spiro atoms. The van der Waals surface area contributed by atoms with E-state index < -0.39 is 14.6 Å². The van der Waals surface area contributed by atoms with Crippen molar-refractivity contribution in [1.82, 2.24) is 5.32 Å². The standard InChI is InChI=1S/C10H16BrNO2S2/c1-10(2,16(3,13)14)7-12-5-8-4-9(11)15-6-8/h4,6,12H,5,7H2,1-3H3. The molecular formula is C10H16BrNO2S2. The van der Waals surface area contributed by atoms with Crippen molar-refractivity contribution in [2.75, 3.05) is 12.8 Å². The lowest BCUT2D eigenvalue weighted by Crippen LogP contribution is -2.41. The van der Waals surface area contributed by atoms with Crippen LogP contribution in [-0.4, -0.2) is 26.0 Å². The summed E-state index contributed by atoms with van der Waals surface area (Å²) in [5.74, 6) is 0. The summed E-state index contributed by atoms with van der Waals surface area (Å²) in [6.07, 6.45) is 1.27. The lowest BCUT2D eigenvalue weighted by Gasteiger charge is -2.22. The Labute approximate surface area is 109 Å². The highest BCUT2D eigenvalue weighted by atomic mass is 79.9. The second-order valence-electron chi connectivity index (χ2n) is 4.39. The lowest BCUT2D eigenvalue weighted by atomic mass is 10.2. The van der Waals surface area contributed by atoms with Crippen molar-refractivity contribution in [2.24, 2.45) is 0 Å². The van der Waals surface area contributed by atoms with Gasteiger partial charge in [-0.15, -0.1) is 11.3 Å². The summed E-state index contributed by atoms with van der Waals surface area (Å²) in [6.45, 7) is 4.62. The Balaban J connectivity index is 2.48. The first kappa shape index (κ1) is 14.2. The minimum Gasteiger partial charge on any atom is -0.311 e. The predicted molar refractivity (Wildman–Crippen MR) is 72.6 cm³/mol. The molecule has 16 heavy (non-hydrogen) atoms. The van der Waals surface area contributed by atoms with Gasteiger partial charge in [0.25, 0.3) is 0 Å². The van der Waals surface area contributed by atoms with E-state index in [2.05, 4.69) is 21.2 Å². The molecule has 0 saturated heterocycles. The SMILES string of the molecule is CC(C)(CNCc1csc(Br)c1)S(C)(=O)=O. The summed E-state index contributed by atoms with van der Waals surface area (Å²) in [5.41, 5.74) is 1.17. The average Bonchev–Trinajstić information content (AvgIpc) is 2.49. The van der Waals surface area contributed by atoms with Crippen LogP contribution >= 0.6 is 27.3 Å². The highest BCUT2D eigenvalue weighted by Crippen LogP contribution is 2.20. The Morgan fingerprint density at radius 1 is 1.50 bits per heavy atom. The zero-order chi connectivity index (χ0) is 12.4. The van der Waals surface area contributed by atoms with E-state index in [-0.39, 0.29) is 0 Å². The molecule has 92 valence electrons. The van der Waals surface area contributed by atoms with Gasteiger partial charge < -0.3 is 5.32 Å². The topological polar surface area (TPSA) is 46.2 Å². The third-order valence-electron chi connectivity index (χ3n) is 2.51. The first-order chi connectivity index (χ1) is 7.22. The fourth-order valence-electron chi connectivity index (χ4n) is 1.08. The van der Waals surface area contributed by atoms with Gasteiger partial charge in [-0.05, 0) is 46.8 Å². The number of sulfone groups is 1. The largest absolute Gasteiger partial charge is 0.311 e. The molecule has 1 rings (SSSR count).